The van der Waals surface area contributed by atoms with E-state index in [0.717, 1.165) is 12.1 Å². The lowest BCUT2D eigenvalue weighted by molar-refractivity contribution is -0.393. The average Bonchev–Trinajstić information content (AvgIpc) is 2.56. The molecule has 10 heteroatoms. The number of hydrogen-bond donors (Lipinski definition) is 2. The molecule has 0 aliphatic rings. The average molecular weight is 335 g/mol. The summed E-state index contributed by atoms with van der Waals surface area (Å²) in [5.74, 6) is 0.242. The molecule has 2 aromatic carbocycles. The van der Waals surface area contributed by atoms with Crippen molar-refractivity contribution in [1.29, 1.82) is 0 Å². The maximum Gasteiger partial charge on any atom is 0.299 e. The van der Waals surface area contributed by atoms with E-state index in [-0.39, 0.29) is 22.9 Å². The number of rotatable bonds is 6. The van der Waals surface area contributed by atoms with Crippen molar-refractivity contribution in [3.63, 3.8) is 0 Å². The molecule has 0 unspecified atom stereocenters. The third kappa shape index (κ3) is 3.27. The first kappa shape index (κ1) is 16.8. The van der Waals surface area contributed by atoms with Crippen LogP contribution in [0.3, 0.4) is 0 Å². The molecule has 126 valence electrons. The van der Waals surface area contributed by atoms with Gasteiger partial charge < -0.3 is 19.9 Å². The third-order valence-corrected chi connectivity index (χ3v) is 3.16. The number of hydrogen-bond acceptors (Lipinski definition) is 8. The normalized spacial score (nSPS) is 10.1. The lowest BCUT2D eigenvalue weighted by Crippen LogP contribution is -2.01. The molecule has 2 rings (SSSR count). The smallest absolute Gasteiger partial charge is 0.299 e. The standard InChI is InChI=1S/C14H13N3O7/c1-23-9-6-12(18)14(13(7-9)24-2)15-10-4-3-8(16(19)20)5-11(10)17(21)22/h3-7,15,18H,1-2H3. The fourth-order valence-corrected chi connectivity index (χ4v) is 2.01. The van der Waals surface area contributed by atoms with Gasteiger partial charge in [-0.1, -0.05) is 0 Å². The summed E-state index contributed by atoms with van der Waals surface area (Å²) in [4.78, 5) is 20.4. The molecule has 0 aliphatic carbocycles. The molecule has 24 heavy (non-hydrogen) atoms. The zero-order valence-corrected chi connectivity index (χ0v) is 12.7. The van der Waals surface area contributed by atoms with Gasteiger partial charge in [0, 0.05) is 18.2 Å². The largest absolute Gasteiger partial charge is 0.505 e. The van der Waals surface area contributed by atoms with Crippen LogP contribution in [0.2, 0.25) is 0 Å². The maximum atomic E-state index is 11.2. The van der Waals surface area contributed by atoms with Gasteiger partial charge in [-0.2, -0.15) is 0 Å². The van der Waals surface area contributed by atoms with Crippen molar-refractivity contribution < 1.29 is 24.4 Å². The van der Waals surface area contributed by atoms with E-state index in [1.165, 1.54) is 32.4 Å². The summed E-state index contributed by atoms with van der Waals surface area (Å²) in [6.07, 6.45) is 0. The molecule has 0 aliphatic heterocycles. The van der Waals surface area contributed by atoms with E-state index in [1.807, 2.05) is 0 Å². The van der Waals surface area contributed by atoms with Crippen LogP contribution in [0.5, 0.6) is 17.2 Å². The Balaban J connectivity index is 2.52. The van der Waals surface area contributed by atoms with Crippen molar-refractivity contribution in [2.24, 2.45) is 0 Å². The molecule has 0 atom stereocenters. The van der Waals surface area contributed by atoms with Crippen LogP contribution in [-0.4, -0.2) is 29.2 Å². The van der Waals surface area contributed by atoms with Gasteiger partial charge in [0.1, 0.15) is 28.6 Å². The van der Waals surface area contributed by atoms with Crippen LogP contribution in [0.15, 0.2) is 30.3 Å². The molecule has 0 radical (unpaired) electrons. The maximum absolute atomic E-state index is 11.2. The van der Waals surface area contributed by atoms with E-state index in [9.17, 15) is 25.3 Å². The number of non-ortho nitro benzene ring substituents is 1. The molecule has 0 saturated carbocycles. The summed E-state index contributed by atoms with van der Waals surface area (Å²) in [6.45, 7) is 0. The number of nitrogens with one attached hydrogen (secondary N) is 1. The van der Waals surface area contributed by atoms with Gasteiger partial charge in [0.15, 0.2) is 0 Å². The van der Waals surface area contributed by atoms with Crippen molar-refractivity contribution in [3.8, 4) is 17.2 Å². The summed E-state index contributed by atoms with van der Waals surface area (Å²) >= 11 is 0. The first-order valence-corrected chi connectivity index (χ1v) is 6.52. The summed E-state index contributed by atoms with van der Waals surface area (Å²) < 4.78 is 10.1. The highest BCUT2D eigenvalue weighted by molar-refractivity contribution is 5.79. The van der Waals surface area contributed by atoms with Gasteiger partial charge >= 0.3 is 0 Å². The van der Waals surface area contributed by atoms with Gasteiger partial charge in [-0.3, -0.25) is 20.2 Å². The Labute approximate surface area is 135 Å². The highest BCUT2D eigenvalue weighted by atomic mass is 16.6. The molecule has 0 saturated heterocycles. The topological polar surface area (TPSA) is 137 Å². The van der Waals surface area contributed by atoms with Gasteiger partial charge in [-0.15, -0.1) is 0 Å². The number of ether oxygens (including phenoxy) is 2. The van der Waals surface area contributed by atoms with Crippen LogP contribution in [0, 0.1) is 20.2 Å². The molecule has 0 fully saturated rings. The molecule has 0 heterocycles. The van der Waals surface area contributed by atoms with E-state index in [4.69, 9.17) is 9.47 Å². The van der Waals surface area contributed by atoms with Crippen LogP contribution in [0.4, 0.5) is 22.7 Å². The molecular weight excluding hydrogens is 322 g/mol. The zero-order chi connectivity index (χ0) is 17.9. The minimum Gasteiger partial charge on any atom is -0.505 e. The second kappa shape index (κ2) is 6.69. The lowest BCUT2D eigenvalue weighted by Gasteiger charge is -2.14. The van der Waals surface area contributed by atoms with Gasteiger partial charge in [0.2, 0.25) is 0 Å². The summed E-state index contributed by atoms with van der Waals surface area (Å²) in [6, 6.07) is 5.89. The third-order valence-electron chi connectivity index (χ3n) is 3.16. The van der Waals surface area contributed by atoms with E-state index in [1.54, 1.807) is 0 Å². The fourth-order valence-electron chi connectivity index (χ4n) is 2.01. The number of nitro benzene ring substituents is 2. The summed E-state index contributed by atoms with van der Waals surface area (Å²) in [5.41, 5.74) is -0.903. The quantitative estimate of drug-likeness (QED) is 0.467. The summed E-state index contributed by atoms with van der Waals surface area (Å²) in [7, 11) is 2.76. The minimum absolute atomic E-state index is 0.0376. The Hall–Kier alpha value is -3.56. The van der Waals surface area contributed by atoms with E-state index < -0.39 is 21.2 Å². The van der Waals surface area contributed by atoms with Gasteiger partial charge in [0.05, 0.1) is 30.1 Å². The fraction of sp³-hybridized carbons (Fsp3) is 0.143. The van der Waals surface area contributed by atoms with Crippen molar-refractivity contribution in [2.45, 2.75) is 0 Å². The Morgan fingerprint density at radius 3 is 2.29 bits per heavy atom. The molecule has 0 aromatic heterocycles. The molecule has 2 aromatic rings. The van der Waals surface area contributed by atoms with Crippen molar-refractivity contribution in [3.05, 3.63) is 50.6 Å². The summed E-state index contributed by atoms with van der Waals surface area (Å²) in [5, 5.41) is 34.6. The number of methoxy groups -OCH3 is 2. The number of phenols is 1. The molecule has 0 amide bonds. The van der Waals surface area contributed by atoms with E-state index in [0.29, 0.717) is 5.75 Å². The van der Waals surface area contributed by atoms with Gasteiger partial charge in [0.25, 0.3) is 11.4 Å². The van der Waals surface area contributed by atoms with Crippen molar-refractivity contribution >= 4 is 22.7 Å². The number of aromatic hydroxyl groups is 1. The Morgan fingerprint density at radius 2 is 1.75 bits per heavy atom. The SMILES string of the molecule is COc1cc(O)c(Nc2ccc([N+](=O)[O-])cc2[N+](=O)[O-])c(OC)c1. The van der Waals surface area contributed by atoms with Crippen molar-refractivity contribution in [2.75, 3.05) is 19.5 Å². The van der Waals surface area contributed by atoms with Crippen LogP contribution >= 0.6 is 0 Å². The molecule has 2 N–H and O–H groups in total. The molecule has 10 nitrogen and oxygen atoms in total. The van der Waals surface area contributed by atoms with Crippen molar-refractivity contribution in [1.82, 2.24) is 0 Å². The second-order valence-corrected chi connectivity index (χ2v) is 4.56. The van der Waals surface area contributed by atoms with E-state index in [2.05, 4.69) is 5.32 Å². The highest BCUT2D eigenvalue weighted by Gasteiger charge is 2.22. The number of nitro groups is 2. The van der Waals surface area contributed by atoms with Gasteiger partial charge in [-0.25, -0.2) is 0 Å². The van der Waals surface area contributed by atoms with Crippen LogP contribution in [0.1, 0.15) is 0 Å². The van der Waals surface area contributed by atoms with Crippen LogP contribution in [0.25, 0.3) is 0 Å². The Morgan fingerprint density at radius 1 is 1.04 bits per heavy atom. The van der Waals surface area contributed by atoms with E-state index >= 15 is 0 Å². The predicted octanol–water partition coefficient (Wildman–Crippen LogP) is 2.97. The molecular formula is C14H13N3O7. The highest BCUT2D eigenvalue weighted by Crippen LogP contribution is 2.42. The Kier molecular flexibility index (Phi) is 4.68. The first-order valence-electron chi connectivity index (χ1n) is 6.52. The number of benzene rings is 2. The number of phenolic OH excluding ortho intramolecular Hbond substituents is 1. The zero-order valence-electron chi connectivity index (χ0n) is 12.7. The van der Waals surface area contributed by atoms with Gasteiger partial charge in [-0.05, 0) is 6.07 Å². The number of nitrogens with zero attached hydrogens (tertiary/aromatic N) is 2. The second-order valence-electron chi connectivity index (χ2n) is 4.56. The van der Waals surface area contributed by atoms with Crippen LogP contribution < -0.4 is 14.8 Å². The monoisotopic (exact) mass is 335 g/mol. The lowest BCUT2D eigenvalue weighted by atomic mass is 10.2. The Bertz CT molecular complexity index is 807. The predicted molar refractivity (Wildman–Crippen MR) is 84.2 cm³/mol. The number of anilines is 2. The molecule has 0 spiro atoms. The first-order chi connectivity index (χ1) is 11.4. The van der Waals surface area contributed by atoms with Crippen LogP contribution in [-0.2, 0) is 0 Å². The minimum atomic E-state index is -0.762. The molecule has 0 bridgehead atoms.